The molecule has 0 aliphatic heterocycles. The van der Waals surface area contributed by atoms with Crippen molar-refractivity contribution in [1.29, 1.82) is 0 Å². The van der Waals surface area contributed by atoms with Crippen LogP contribution >= 0.6 is 11.6 Å². The van der Waals surface area contributed by atoms with Crippen LogP contribution in [0.2, 0.25) is 5.02 Å². The van der Waals surface area contributed by atoms with Gasteiger partial charge in [0.25, 0.3) is 11.6 Å². The normalized spacial score (nSPS) is 10.6. The summed E-state index contributed by atoms with van der Waals surface area (Å²) < 4.78 is 10.8. The zero-order chi connectivity index (χ0) is 21.3. The van der Waals surface area contributed by atoms with E-state index in [-0.39, 0.29) is 18.2 Å². The van der Waals surface area contributed by atoms with Crippen molar-refractivity contribution in [2.75, 3.05) is 6.61 Å². The van der Waals surface area contributed by atoms with E-state index < -0.39 is 10.8 Å². The van der Waals surface area contributed by atoms with E-state index >= 15 is 0 Å². The number of halogens is 1. The number of carbonyl (C=O) groups is 1. The molecule has 10 heteroatoms. The largest absolute Gasteiger partial charge is 0.484 e. The summed E-state index contributed by atoms with van der Waals surface area (Å²) in [6, 6.07) is 16.2. The van der Waals surface area contributed by atoms with Gasteiger partial charge in [0, 0.05) is 17.2 Å². The van der Waals surface area contributed by atoms with Crippen molar-refractivity contribution in [2.24, 2.45) is 5.10 Å². The molecule has 2 aromatic carbocycles. The number of carbonyl (C=O) groups excluding carboxylic acids is 1. The summed E-state index contributed by atoms with van der Waals surface area (Å²) in [4.78, 5) is 25.7. The van der Waals surface area contributed by atoms with Gasteiger partial charge in [-0.25, -0.2) is 10.4 Å². The number of nitro groups is 1. The average Bonchev–Trinajstić information content (AvgIpc) is 2.75. The lowest BCUT2D eigenvalue weighted by Gasteiger charge is -2.05. The van der Waals surface area contributed by atoms with Crippen LogP contribution in [0.1, 0.15) is 5.56 Å². The smallest absolute Gasteiger partial charge is 0.287 e. The second-order valence-corrected chi connectivity index (χ2v) is 6.26. The average molecular weight is 427 g/mol. The minimum Gasteiger partial charge on any atom is -0.484 e. The van der Waals surface area contributed by atoms with E-state index in [0.29, 0.717) is 16.5 Å². The molecule has 3 rings (SSSR count). The van der Waals surface area contributed by atoms with Crippen LogP contribution in [-0.4, -0.2) is 28.6 Å². The molecule has 0 aliphatic rings. The van der Waals surface area contributed by atoms with Crippen LogP contribution in [-0.2, 0) is 4.79 Å². The molecule has 9 nitrogen and oxygen atoms in total. The molecule has 30 heavy (non-hydrogen) atoms. The minimum absolute atomic E-state index is 0.116. The summed E-state index contributed by atoms with van der Waals surface area (Å²) in [5.41, 5.74) is 2.97. The van der Waals surface area contributed by atoms with Crippen LogP contribution in [0, 0.1) is 10.1 Å². The molecule has 0 atom stereocenters. The summed E-state index contributed by atoms with van der Waals surface area (Å²) in [6.45, 7) is -0.187. The van der Waals surface area contributed by atoms with Crippen LogP contribution in [0.3, 0.4) is 0 Å². The van der Waals surface area contributed by atoms with E-state index in [1.54, 1.807) is 48.5 Å². The SMILES string of the molecule is O=C(COc1ccc(Cl)cc1)N/N=C\c1ccc(Oc2ccc([N+](=O)[O-])cn2)cc1. The molecule has 0 saturated carbocycles. The van der Waals surface area contributed by atoms with E-state index in [2.05, 4.69) is 15.5 Å². The molecule has 0 radical (unpaired) electrons. The number of benzene rings is 2. The van der Waals surface area contributed by atoms with Crippen molar-refractivity contribution < 1.29 is 19.2 Å². The Morgan fingerprint density at radius 1 is 1.10 bits per heavy atom. The highest BCUT2D eigenvalue weighted by Crippen LogP contribution is 2.21. The third-order valence-corrected chi connectivity index (χ3v) is 3.87. The van der Waals surface area contributed by atoms with Crippen molar-refractivity contribution in [3.8, 4) is 17.4 Å². The van der Waals surface area contributed by atoms with Gasteiger partial charge in [0.15, 0.2) is 6.61 Å². The van der Waals surface area contributed by atoms with E-state index in [4.69, 9.17) is 21.1 Å². The third kappa shape index (κ3) is 6.28. The fourth-order valence-corrected chi connectivity index (χ4v) is 2.30. The van der Waals surface area contributed by atoms with Crippen LogP contribution in [0.5, 0.6) is 17.4 Å². The number of nitrogens with zero attached hydrogens (tertiary/aromatic N) is 3. The van der Waals surface area contributed by atoms with Crippen molar-refractivity contribution in [3.63, 3.8) is 0 Å². The highest BCUT2D eigenvalue weighted by atomic mass is 35.5. The Morgan fingerprint density at radius 2 is 1.80 bits per heavy atom. The highest BCUT2D eigenvalue weighted by molar-refractivity contribution is 6.30. The fraction of sp³-hybridized carbons (Fsp3) is 0.0500. The Labute approximate surface area is 176 Å². The quantitative estimate of drug-likeness (QED) is 0.331. The van der Waals surface area contributed by atoms with E-state index in [9.17, 15) is 14.9 Å². The molecule has 0 spiro atoms. The van der Waals surface area contributed by atoms with E-state index in [1.165, 1.54) is 18.3 Å². The van der Waals surface area contributed by atoms with Gasteiger partial charge in [-0.15, -0.1) is 0 Å². The first-order valence-corrected chi connectivity index (χ1v) is 8.96. The standard InChI is InChI=1S/C20H15ClN4O5/c21-15-3-8-17(9-4-15)29-13-19(26)24-23-11-14-1-6-18(7-2-14)30-20-10-5-16(12-22-20)25(27)28/h1-12H,13H2,(H,24,26)/b23-11-. The Hall–Kier alpha value is -3.98. The number of hydrogen-bond donors (Lipinski definition) is 1. The second-order valence-electron chi connectivity index (χ2n) is 5.82. The Bertz CT molecular complexity index is 1040. The molecule has 1 aromatic heterocycles. The zero-order valence-electron chi connectivity index (χ0n) is 15.4. The van der Waals surface area contributed by atoms with Crippen molar-refractivity contribution in [1.82, 2.24) is 10.4 Å². The van der Waals surface area contributed by atoms with Gasteiger partial charge in [0.2, 0.25) is 5.88 Å². The molecule has 1 amide bonds. The van der Waals surface area contributed by atoms with Gasteiger partial charge in [-0.3, -0.25) is 14.9 Å². The number of pyridine rings is 1. The monoisotopic (exact) mass is 426 g/mol. The van der Waals surface area contributed by atoms with Crippen LogP contribution in [0.15, 0.2) is 72.0 Å². The first-order chi connectivity index (χ1) is 14.5. The van der Waals surface area contributed by atoms with Crippen LogP contribution < -0.4 is 14.9 Å². The van der Waals surface area contributed by atoms with Crippen molar-refractivity contribution in [3.05, 3.63) is 87.6 Å². The molecule has 1 N–H and O–H groups in total. The molecular formula is C20H15ClN4O5. The molecule has 3 aromatic rings. The molecule has 1 heterocycles. The van der Waals surface area contributed by atoms with Crippen molar-refractivity contribution >= 4 is 29.4 Å². The summed E-state index contributed by atoms with van der Waals surface area (Å²) in [5.74, 6) is 0.839. The summed E-state index contributed by atoms with van der Waals surface area (Å²) in [6.07, 6.45) is 2.59. The maximum absolute atomic E-state index is 11.8. The van der Waals surface area contributed by atoms with Crippen LogP contribution in [0.4, 0.5) is 5.69 Å². The van der Waals surface area contributed by atoms with Gasteiger partial charge in [-0.2, -0.15) is 5.10 Å². The highest BCUT2D eigenvalue weighted by Gasteiger charge is 2.06. The summed E-state index contributed by atoms with van der Waals surface area (Å²) >= 11 is 5.78. The molecular weight excluding hydrogens is 412 g/mol. The Kier molecular flexibility index (Phi) is 6.91. The Balaban J connectivity index is 1.46. The van der Waals surface area contributed by atoms with Gasteiger partial charge in [-0.05, 0) is 54.1 Å². The van der Waals surface area contributed by atoms with Crippen molar-refractivity contribution in [2.45, 2.75) is 0 Å². The topological polar surface area (TPSA) is 116 Å². The lowest BCUT2D eigenvalue weighted by Crippen LogP contribution is -2.24. The number of hydrogen-bond acceptors (Lipinski definition) is 7. The molecule has 0 fully saturated rings. The number of rotatable bonds is 8. The Morgan fingerprint density at radius 3 is 2.43 bits per heavy atom. The first kappa shape index (κ1) is 20.7. The lowest BCUT2D eigenvalue weighted by molar-refractivity contribution is -0.385. The van der Waals surface area contributed by atoms with Gasteiger partial charge in [0.05, 0.1) is 11.1 Å². The summed E-state index contributed by atoms with van der Waals surface area (Å²) in [7, 11) is 0. The molecule has 152 valence electrons. The van der Waals surface area contributed by atoms with Gasteiger partial charge >= 0.3 is 0 Å². The molecule has 0 bridgehead atoms. The maximum atomic E-state index is 11.8. The number of nitrogens with one attached hydrogen (secondary N) is 1. The van der Waals surface area contributed by atoms with Gasteiger partial charge in [0.1, 0.15) is 17.7 Å². The molecule has 0 saturated heterocycles. The number of aromatic nitrogens is 1. The van der Waals surface area contributed by atoms with E-state index in [0.717, 1.165) is 11.8 Å². The van der Waals surface area contributed by atoms with E-state index in [1.807, 2.05) is 0 Å². The number of hydrazone groups is 1. The molecule has 0 unspecified atom stereocenters. The van der Waals surface area contributed by atoms with Gasteiger partial charge in [-0.1, -0.05) is 11.6 Å². The molecule has 0 aliphatic carbocycles. The first-order valence-electron chi connectivity index (χ1n) is 8.58. The predicted molar refractivity (Wildman–Crippen MR) is 110 cm³/mol. The second kappa shape index (κ2) is 9.99. The minimum atomic E-state index is -0.534. The summed E-state index contributed by atoms with van der Waals surface area (Å²) in [5, 5.41) is 15.1. The van der Waals surface area contributed by atoms with Crippen LogP contribution in [0.25, 0.3) is 0 Å². The third-order valence-electron chi connectivity index (χ3n) is 3.62. The lowest BCUT2D eigenvalue weighted by atomic mass is 10.2. The zero-order valence-corrected chi connectivity index (χ0v) is 16.2. The maximum Gasteiger partial charge on any atom is 0.287 e. The number of amides is 1. The van der Waals surface area contributed by atoms with Gasteiger partial charge < -0.3 is 9.47 Å². The predicted octanol–water partition coefficient (Wildman–Crippen LogP) is 3.96. The number of ether oxygens (including phenoxy) is 2. The fourth-order valence-electron chi connectivity index (χ4n) is 2.17.